The van der Waals surface area contributed by atoms with Gasteiger partial charge in [0.15, 0.2) is 0 Å². The van der Waals surface area contributed by atoms with Crippen LogP contribution >= 0.6 is 11.6 Å². The van der Waals surface area contributed by atoms with Crippen LogP contribution in [0, 0.1) is 17.2 Å². The summed E-state index contributed by atoms with van der Waals surface area (Å²) in [7, 11) is 4.80. The Labute approximate surface area is 194 Å². The Hall–Kier alpha value is -3.84. The Morgan fingerprint density at radius 3 is 2.61 bits per heavy atom. The third-order valence-electron chi connectivity index (χ3n) is 5.34. The number of nitrogens with one attached hydrogen (secondary N) is 1. The molecule has 0 radical (unpaired) electrons. The summed E-state index contributed by atoms with van der Waals surface area (Å²) in [6, 6.07) is 8.64. The average molecular weight is 471 g/mol. The molecule has 0 aliphatic rings. The molecule has 10 nitrogen and oxygen atoms in total. The van der Waals surface area contributed by atoms with Crippen molar-refractivity contribution in [2.75, 3.05) is 19.4 Å². The van der Waals surface area contributed by atoms with Crippen LogP contribution in [0.25, 0.3) is 11.0 Å². The van der Waals surface area contributed by atoms with Gasteiger partial charge in [0.1, 0.15) is 22.5 Å². The first-order valence-electron chi connectivity index (χ1n) is 10.1. The fourth-order valence-corrected chi connectivity index (χ4v) is 3.60. The molecule has 11 heteroatoms. The first kappa shape index (κ1) is 23.8. The van der Waals surface area contributed by atoms with Crippen molar-refractivity contribution in [1.82, 2.24) is 19.0 Å². The molecule has 1 atom stereocenters. The summed E-state index contributed by atoms with van der Waals surface area (Å²) in [5, 5.41) is 21.7. The van der Waals surface area contributed by atoms with Crippen LogP contribution in [0.1, 0.15) is 29.4 Å². The molecule has 1 amide bonds. The molecule has 2 aromatic heterocycles. The number of carbonyl (C=O) groups excluding carboxylic acids is 1. The summed E-state index contributed by atoms with van der Waals surface area (Å²) in [5.41, 5.74) is 2.02. The number of fused-ring (bicyclic) bond motifs is 1. The first-order chi connectivity index (χ1) is 15.5. The summed E-state index contributed by atoms with van der Waals surface area (Å²) < 4.78 is 3.01. The minimum atomic E-state index is -0.924. The van der Waals surface area contributed by atoms with Crippen molar-refractivity contribution in [2.45, 2.75) is 19.9 Å². The van der Waals surface area contributed by atoms with Gasteiger partial charge in [-0.15, -0.1) is 0 Å². The van der Waals surface area contributed by atoms with Crippen LogP contribution in [-0.4, -0.2) is 50.1 Å². The van der Waals surface area contributed by atoms with E-state index in [-0.39, 0.29) is 34.6 Å². The molecule has 1 unspecified atom stereocenters. The second-order valence-electron chi connectivity index (χ2n) is 7.88. The number of amides is 1. The highest BCUT2D eigenvalue weighted by Crippen LogP contribution is 2.28. The largest absolute Gasteiger partial charge is 0.481 e. The molecule has 33 heavy (non-hydrogen) atoms. The highest BCUT2D eigenvalue weighted by molar-refractivity contribution is 6.31. The molecule has 1 aromatic carbocycles. The number of carboxylic acid groups (broad SMARTS) is 1. The van der Waals surface area contributed by atoms with Gasteiger partial charge in [0, 0.05) is 33.4 Å². The third-order valence-corrected chi connectivity index (χ3v) is 5.62. The predicted octanol–water partition coefficient (Wildman–Crippen LogP) is 2.82. The highest BCUT2D eigenvalue weighted by Gasteiger charge is 2.19. The zero-order chi connectivity index (χ0) is 24.4. The summed E-state index contributed by atoms with van der Waals surface area (Å²) in [4.78, 5) is 41.6. The van der Waals surface area contributed by atoms with Gasteiger partial charge in [-0.1, -0.05) is 18.5 Å². The number of pyridine rings is 1. The normalized spacial score (nSPS) is 11.8. The topological polar surface area (TPSA) is 133 Å². The molecule has 0 aliphatic heterocycles. The molecule has 2 heterocycles. The van der Waals surface area contributed by atoms with Crippen LogP contribution in [0.4, 0.5) is 11.4 Å². The van der Waals surface area contributed by atoms with Gasteiger partial charge in [0.05, 0.1) is 22.6 Å². The van der Waals surface area contributed by atoms with Gasteiger partial charge < -0.3 is 15.3 Å². The van der Waals surface area contributed by atoms with Crippen molar-refractivity contribution in [3.63, 3.8) is 0 Å². The summed E-state index contributed by atoms with van der Waals surface area (Å²) in [6.45, 7) is 1.83. The minimum absolute atomic E-state index is 0.0758. The van der Waals surface area contributed by atoms with E-state index in [1.165, 1.54) is 20.1 Å². The van der Waals surface area contributed by atoms with Crippen LogP contribution in [0.15, 0.2) is 29.1 Å². The standard InChI is InChI=1S/C22H23ClN6O4/c1-12(21(31)32)7-8-29-18-9-13(5-6-17(18)28(4)22(29)33)25-15-10-16(20(30)27(2)3)26-19(23)14(15)11-24/h5-6,9-10,12H,7-8H2,1-4H3,(H,25,26)(H,31,32). The number of hydrogen-bond donors (Lipinski definition) is 2. The van der Waals surface area contributed by atoms with Gasteiger partial charge in [0.2, 0.25) is 0 Å². The number of halogens is 1. The number of anilines is 2. The quantitative estimate of drug-likeness (QED) is 0.507. The number of nitrogens with zero attached hydrogens (tertiary/aromatic N) is 5. The van der Waals surface area contributed by atoms with Crippen LogP contribution in [-0.2, 0) is 18.4 Å². The molecule has 0 aliphatic carbocycles. The predicted molar refractivity (Wildman–Crippen MR) is 124 cm³/mol. The Kier molecular flexibility index (Phi) is 6.74. The smallest absolute Gasteiger partial charge is 0.328 e. The molecular formula is C22H23ClN6O4. The van der Waals surface area contributed by atoms with Crippen LogP contribution in [0.5, 0.6) is 0 Å². The van der Waals surface area contributed by atoms with E-state index in [1.807, 2.05) is 6.07 Å². The lowest BCUT2D eigenvalue weighted by Gasteiger charge is -2.14. The van der Waals surface area contributed by atoms with Gasteiger partial charge in [-0.3, -0.25) is 18.7 Å². The van der Waals surface area contributed by atoms with Crippen molar-refractivity contribution >= 4 is 45.9 Å². The van der Waals surface area contributed by atoms with Crippen molar-refractivity contribution in [3.8, 4) is 6.07 Å². The van der Waals surface area contributed by atoms with E-state index < -0.39 is 11.9 Å². The van der Waals surface area contributed by atoms with Crippen LogP contribution in [0.3, 0.4) is 0 Å². The number of hydrogen-bond acceptors (Lipinski definition) is 6. The molecule has 3 rings (SSSR count). The zero-order valence-electron chi connectivity index (χ0n) is 18.6. The number of aromatic nitrogens is 3. The SMILES string of the molecule is CC(CCn1c(=O)n(C)c2ccc(Nc3cc(C(=O)N(C)C)nc(Cl)c3C#N)cc21)C(=O)O. The molecule has 0 bridgehead atoms. The number of carbonyl (C=O) groups is 2. The van der Waals surface area contributed by atoms with Crippen LogP contribution in [0.2, 0.25) is 5.15 Å². The lowest BCUT2D eigenvalue weighted by molar-refractivity contribution is -0.141. The molecule has 0 spiro atoms. The summed E-state index contributed by atoms with van der Waals surface area (Å²) in [5.74, 6) is -1.89. The van der Waals surface area contributed by atoms with E-state index in [0.717, 1.165) is 0 Å². The molecule has 0 saturated carbocycles. The molecule has 3 aromatic rings. The van der Waals surface area contributed by atoms with E-state index in [2.05, 4.69) is 10.3 Å². The van der Waals surface area contributed by atoms with E-state index in [9.17, 15) is 19.6 Å². The fraction of sp³-hybridized carbons (Fsp3) is 0.318. The van der Waals surface area contributed by atoms with Crippen molar-refractivity contribution < 1.29 is 14.7 Å². The average Bonchev–Trinajstić information content (AvgIpc) is 3.00. The van der Waals surface area contributed by atoms with Gasteiger partial charge in [0.25, 0.3) is 5.91 Å². The Balaban J connectivity index is 2.05. The second kappa shape index (κ2) is 9.34. The van der Waals surface area contributed by atoms with E-state index in [1.54, 1.807) is 46.3 Å². The molecule has 2 N–H and O–H groups in total. The Morgan fingerprint density at radius 2 is 2.00 bits per heavy atom. The second-order valence-corrected chi connectivity index (χ2v) is 8.24. The number of imidazole rings is 1. The van der Waals surface area contributed by atoms with Gasteiger partial charge in [-0.05, 0) is 30.7 Å². The number of aliphatic carboxylic acids is 1. The first-order valence-corrected chi connectivity index (χ1v) is 10.4. The van der Waals surface area contributed by atoms with Crippen molar-refractivity contribution in [3.05, 3.63) is 51.2 Å². The van der Waals surface area contributed by atoms with Crippen molar-refractivity contribution in [1.29, 1.82) is 5.26 Å². The highest BCUT2D eigenvalue weighted by atomic mass is 35.5. The Bertz CT molecular complexity index is 1350. The van der Waals surface area contributed by atoms with Crippen LogP contribution < -0.4 is 11.0 Å². The summed E-state index contributed by atoms with van der Waals surface area (Å²) in [6.07, 6.45) is 0.292. The lowest BCUT2D eigenvalue weighted by atomic mass is 10.1. The molecule has 0 fully saturated rings. The number of rotatable bonds is 7. The van der Waals surface area contributed by atoms with Gasteiger partial charge >= 0.3 is 11.7 Å². The fourth-order valence-electron chi connectivity index (χ4n) is 3.36. The molecule has 172 valence electrons. The number of benzene rings is 1. The molecular weight excluding hydrogens is 448 g/mol. The maximum absolute atomic E-state index is 12.7. The summed E-state index contributed by atoms with van der Waals surface area (Å²) >= 11 is 6.15. The van der Waals surface area contributed by atoms with E-state index in [4.69, 9.17) is 16.7 Å². The Morgan fingerprint density at radius 1 is 1.30 bits per heavy atom. The minimum Gasteiger partial charge on any atom is -0.481 e. The molecule has 0 saturated heterocycles. The zero-order valence-corrected chi connectivity index (χ0v) is 19.3. The lowest BCUT2D eigenvalue weighted by Crippen LogP contribution is -2.24. The monoisotopic (exact) mass is 470 g/mol. The van der Waals surface area contributed by atoms with E-state index >= 15 is 0 Å². The third kappa shape index (κ3) is 4.68. The number of carboxylic acids is 1. The van der Waals surface area contributed by atoms with E-state index in [0.29, 0.717) is 28.8 Å². The number of nitriles is 1. The number of aryl methyl sites for hydroxylation is 2. The van der Waals surface area contributed by atoms with Gasteiger partial charge in [-0.2, -0.15) is 5.26 Å². The van der Waals surface area contributed by atoms with Gasteiger partial charge in [-0.25, -0.2) is 9.78 Å². The maximum Gasteiger partial charge on any atom is 0.328 e. The van der Waals surface area contributed by atoms with Crippen molar-refractivity contribution in [2.24, 2.45) is 13.0 Å². The maximum atomic E-state index is 12.7.